The molecule has 1 aromatic carbocycles. The van der Waals surface area contributed by atoms with Gasteiger partial charge in [-0.1, -0.05) is 12.1 Å². The molecule has 114 valence electrons. The molecule has 0 radical (unpaired) electrons. The van der Waals surface area contributed by atoms with Crippen molar-refractivity contribution in [2.24, 2.45) is 5.73 Å². The van der Waals surface area contributed by atoms with Gasteiger partial charge >= 0.3 is 0 Å². The van der Waals surface area contributed by atoms with Gasteiger partial charge in [0.2, 0.25) is 21.8 Å². The molecule has 21 heavy (non-hydrogen) atoms. The van der Waals surface area contributed by atoms with Gasteiger partial charge in [0.15, 0.2) is 0 Å². The summed E-state index contributed by atoms with van der Waals surface area (Å²) in [6.07, 6.45) is -0.158. The van der Waals surface area contributed by atoms with E-state index < -0.39 is 27.9 Å². The zero-order valence-electron chi connectivity index (χ0n) is 11.8. The highest BCUT2D eigenvalue weighted by Gasteiger charge is 2.38. The number of imide groups is 1. The van der Waals surface area contributed by atoms with Crippen molar-refractivity contribution in [3.63, 3.8) is 0 Å². The van der Waals surface area contributed by atoms with Gasteiger partial charge in [-0.25, -0.2) is 8.42 Å². The number of rotatable bonds is 4. The molecule has 1 aliphatic rings. The van der Waals surface area contributed by atoms with Gasteiger partial charge in [-0.15, -0.1) is 0 Å². The molecule has 7 nitrogen and oxygen atoms in total. The van der Waals surface area contributed by atoms with Gasteiger partial charge in [-0.2, -0.15) is 4.72 Å². The number of likely N-dealkylation sites (tertiary alicyclic amines) is 1. The second-order valence-electron chi connectivity index (χ2n) is 4.97. The zero-order valence-corrected chi connectivity index (χ0v) is 12.6. The van der Waals surface area contributed by atoms with Crippen LogP contribution in [0.15, 0.2) is 23.1 Å². The summed E-state index contributed by atoms with van der Waals surface area (Å²) in [7, 11) is -2.54. The number of aryl methyl sites for hydroxylation is 1. The summed E-state index contributed by atoms with van der Waals surface area (Å²) in [5.41, 5.74) is 6.86. The van der Waals surface area contributed by atoms with Gasteiger partial charge < -0.3 is 5.73 Å². The Bertz CT molecular complexity index is 699. The normalized spacial score (nSPS) is 19.4. The Labute approximate surface area is 123 Å². The van der Waals surface area contributed by atoms with Crippen LogP contribution in [0.1, 0.15) is 17.5 Å². The zero-order chi connectivity index (χ0) is 15.8. The average Bonchev–Trinajstić information content (AvgIpc) is 2.65. The van der Waals surface area contributed by atoms with Crippen molar-refractivity contribution < 1.29 is 18.0 Å². The number of nitrogens with one attached hydrogen (secondary N) is 1. The molecule has 1 fully saturated rings. The molecule has 1 aromatic rings. The van der Waals surface area contributed by atoms with Crippen molar-refractivity contribution in [2.45, 2.75) is 30.8 Å². The maximum Gasteiger partial charge on any atom is 0.247 e. The third kappa shape index (κ3) is 2.97. The van der Waals surface area contributed by atoms with Crippen molar-refractivity contribution in [1.82, 2.24) is 9.62 Å². The molecule has 8 heteroatoms. The number of hydrogen-bond acceptors (Lipinski definition) is 5. The lowest BCUT2D eigenvalue weighted by atomic mass is 10.1. The van der Waals surface area contributed by atoms with Crippen LogP contribution >= 0.6 is 0 Å². The molecule has 3 N–H and O–H groups in total. The highest BCUT2D eigenvalue weighted by atomic mass is 32.2. The van der Waals surface area contributed by atoms with E-state index in [-0.39, 0.29) is 11.3 Å². The number of sulfonamides is 1. The summed E-state index contributed by atoms with van der Waals surface area (Å²) in [6.45, 7) is 1.97. The predicted molar refractivity (Wildman–Crippen MR) is 75.6 cm³/mol. The summed E-state index contributed by atoms with van der Waals surface area (Å²) in [5.74, 6) is -0.942. The quantitative estimate of drug-likeness (QED) is 0.728. The van der Waals surface area contributed by atoms with Crippen LogP contribution < -0.4 is 10.5 Å². The predicted octanol–water partition coefficient (Wildman–Crippen LogP) is -0.511. The Morgan fingerprint density at radius 2 is 2.05 bits per heavy atom. The number of nitrogens with zero attached hydrogens (tertiary/aromatic N) is 1. The van der Waals surface area contributed by atoms with Crippen LogP contribution in [0.25, 0.3) is 0 Å². The third-order valence-electron chi connectivity index (χ3n) is 3.44. The van der Waals surface area contributed by atoms with E-state index in [0.29, 0.717) is 12.1 Å². The second-order valence-corrected chi connectivity index (χ2v) is 6.66. The molecule has 1 unspecified atom stereocenters. The molecule has 1 aliphatic heterocycles. The van der Waals surface area contributed by atoms with Crippen LogP contribution in [0.3, 0.4) is 0 Å². The van der Waals surface area contributed by atoms with Gasteiger partial charge in [0.25, 0.3) is 0 Å². The lowest BCUT2D eigenvalue weighted by Crippen LogP contribution is -2.40. The molecule has 1 saturated heterocycles. The van der Waals surface area contributed by atoms with E-state index in [0.717, 1.165) is 10.5 Å². The maximum atomic E-state index is 12.3. The van der Waals surface area contributed by atoms with E-state index in [1.807, 2.05) is 0 Å². The first kappa shape index (κ1) is 15.6. The summed E-state index contributed by atoms with van der Waals surface area (Å²) in [6, 6.07) is 3.71. The standard InChI is InChI=1S/C13H17N3O4S/c1-8-5-9(7-14)3-4-11(8)21(19,20)15-10-6-12(17)16(2)13(10)18/h3-5,10,15H,6-7,14H2,1-2H3. The molecule has 0 spiro atoms. The monoisotopic (exact) mass is 311 g/mol. The molecule has 1 heterocycles. The van der Waals surface area contributed by atoms with Crippen molar-refractivity contribution >= 4 is 21.8 Å². The largest absolute Gasteiger partial charge is 0.326 e. The Hall–Kier alpha value is -1.77. The van der Waals surface area contributed by atoms with Crippen molar-refractivity contribution in [3.05, 3.63) is 29.3 Å². The van der Waals surface area contributed by atoms with Crippen molar-refractivity contribution in [1.29, 1.82) is 0 Å². The molecule has 0 aliphatic carbocycles. The minimum absolute atomic E-state index is 0.0782. The first-order valence-electron chi connectivity index (χ1n) is 6.38. The highest BCUT2D eigenvalue weighted by Crippen LogP contribution is 2.19. The molecular weight excluding hydrogens is 294 g/mol. The van der Waals surface area contributed by atoms with Crippen LogP contribution in [0.2, 0.25) is 0 Å². The van der Waals surface area contributed by atoms with Gasteiger partial charge in [0, 0.05) is 13.6 Å². The Kier molecular flexibility index (Phi) is 4.13. The summed E-state index contributed by atoms with van der Waals surface area (Å²) < 4.78 is 27.0. The van der Waals surface area contributed by atoms with Crippen LogP contribution in [0, 0.1) is 6.92 Å². The van der Waals surface area contributed by atoms with Crippen LogP contribution in [0.4, 0.5) is 0 Å². The molecule has 0 saturated carbocycles. The highest BCUT2D eigenvalue weighted by molar-refractivity contribution is 7.89. The lowest BCUT2D eigenvalue weighted by Gasteiger charge is -2.13. The fourth-order valence-electron chi connectivity index (χ4n) is 2.24. The van der Waals surface area contributed by atoms with Crippen molar-refractivity contribution in [3.8, 4) is 0 Å². The smallest absolute Gasteiger partial charge is 0.247 e. The minimum atomic E-state index is -3.87. The fraction of sp³-hybridized carbons (Fsp3) is 0.385. The van der Waals surface area contributed by atoms with Crippen molar-refractivity contribution in [2.75, 3.05) is 7.05 Å². The van der Waals surface area contributed by atoms with Gasteiger partial charge in [0.05, 0.1) is 11.3 Å². The number of carbonyl (C=O) groups is 2. The van der Waals surface area contributed by atoms with Gasteiger partial charge in [-0.05, 0) is 24.1 Å². The molecule has 0 aromatic heterocycles. The first-order chi connectivity index (χ1) is 9.76. The summed E-state index contributed by atoms with van der Waals surface area (Å²) in [5, 5.41) is 0. The number of hydrogen-bond donors (Lipinski definition) is 2. The lowest BCUT2D eigenvalue weighted by molar-refractivity contribution is -0.137. The maximum absolute atomic E-state index is 12.3. The Balaban J connectivity index is 2.27. The van der Waals surface area contributed by atoms with Crippen LogP contribution in [-0.4, -0.2) is 38.2 Å². The number of amides is 2. The number of carbonyl (C=O) groups excluding carboxylic acids is 2. The number of nitrogens with two attached hydrogens (primary N) is 1. The second kappa shape index (κ2) is 5.55. The molecule has 2 amide bonds. The SMILES string of the molecule is Cc1cc(CN)ccc1S(=O)(=O)NC1CC(=O)N(C)C1=O. The van der Waals surface area contributed by atoms with E-state index in [1.54, 1.807) is 19.1 Å². The molecule has 0 bridgehead atoms. The van der Waals surface area contributed by atoms with E-state index in [9.17, 15) is 18.0 Å². The minimum Gasteiger partial charge on any atom is -0.326 e. The van der Waals surface area contributed by atoms with Crippen LogP contribution in [-0.2, 0) is 26.2 Å². The van der Waals surface area contributed by atoms with E-state index >= 15 is 0 Å². The van der Waals surface area contributed by atoms with Gasteiger partial charge in [-0.3, -0.25) is 14.5 Å². The molecular formula is C13H17N3O4S. The number of likely N-dealkylation sites (N-methyl/N-ethyl adjacent to an activating group) is 1. The van der Waals surface area contributed by atoms with E-state index in [1.165, 1.54) is 13.1 Å². The van der Waals surface area contributed by atoms with E-state index in [4.69, 9.17) is 5.73 Å². The number of benzene rings is 1. The summed E-state index contributed by atoms with van der Waals surface area (Å²) in [4.78, 5) is 24.2. The Morgan fingerprint density at radius 3 is 2.52 bits per heavy atom. The van der Waals surface area contributed by atoms with Crippen LogP contribution in [0.5, 0.6) is 0 Å². The molecule has 2 rings (SSSR count). The molecule has 1 atom stereocenters. The average molecular weight is 311 g/mol. The van der Waals surface area contributed by atoms with E-state index in [2.05, 4.69) is 4.72 Å². The first-order valence-corrected chi connectivity index (χ1v) is 7.87. The Morgan fingerprint density at radius 1 is 1.38 bits per heavy atom. The fourth-order valence-corrected chi connectivity index (χ4v) is 3.65. The topological polar surface area (TPSA) is 110 Å². The van der Waals surface area contributed by atoms with Gasteiger partial charge in [0.1, 0.15) is 6.04 Å². The third-order valence-corrected chi connectivity index (χ3v) is 5.08. The summed E-state index contributed by atoms with van der Waals surface area (Å²) >= 11 is 0.